The average molecular weight is 258 g/mol. The number of hydrogen-bond acceptors (Lipinski definition) is 3. The van der Waals surface area contributed by atoms with Gasteiger partial charge in [-0.1, -0.05) is 11.6 Å². The molecule has 4 nitrogen and oxygen atoms in total. The Hall–Kier alpha value is -1.94. The van der Waals surface area contributed by atoms with E-state index in [9.17, 15) is 10.0 Å². The van der Waals surface area contributed by atoms with Gasteiger partial charge in [0.05, 0.1) is 16.5 Å². The molecule has 0 spiro atoms. The van der Waals surface area contributed by atoms with Gasteiger partial charge in [-0.05, 0) is 45.9 Å². The third kappa shape index (κ3) is 2.90. The Morgan fingerprint density at radius 2 is 2.00 bits per heavy atom. The Morgan fingerprint density at radius 3 is 2.63 bits per heavy atom. The molecule has 0 saturated carbocycles. The molecule has 0 radical (unpaired) electrons. The van der Waals surface area contributed by atoms with E-state index >= 15 is 0 Å². The predicted octanol–water partition coefficient (Wildman–Crippen LogP) is 1.31. The van der Waals surface area contributed by atoms with Gasteiger partial charge in [0, 0.05) is 11.4 Å². The molecule has 0 bridgehead atoms. The second-order valence-electron chi connectivity index (χ2n) is 5.72. The molecule has 0 atom stereocenters. The van der Waals surface area contributed by atoms with Crippen molar-refractivity contribution in [3.63, 3.8) is 0 Å². The molecule has 2 rings (SSSR count). The Balaban J connectivity index is 2.51. The zero-order valence-electron chi connectivity index (χ0n) is 11.6. The molecule has 0 aromatic heterocycles. The van der Waals surface area contributed by atoms with Crippen LogP contribution in [0, 0.1) is 6.92 Å². The molecule has 1 aliphatic rings. The fraction of sp³-hybridized carbons (Fsp3) is 0.333. The molecule has 19 heavy (non-hydrogen) atoms. The molecule has 1 aliphatic heterocycles. The highest BCUT2D eigenvalue weighted by molar-refractivity contribution is 6.02. The van der Waals surface area contributed by atoms with Gasteiger partial charge >= 0.3 is 0 Å². The van der Waals surface area contributed by atoms with Crippen LogP contribution in [0.15, 0.2) is 35.0 Å². The van der Waals surface area contributed by atoms with E-state index in [1.165, 1.54) is 6.20 Å². The van der Waals surface area contributed by atoms with Crippen LogP contribution >= 0.6 is 0 Å². The molecule has 1 aromatic carbocycles. The van der Waals surface area contributed by atoms with Crippen LogP contribution in [-0.4, -0.2) is 21.7 Å². The highest BCUT2D eigenvalue weighted by Crippen LogP contribution is 2.13. The van der Waals surface area contributed by atoms with Crippen molar-refractivity contribution < 1.29 is 10.0 Å². The van der Waals surface area contributed by atoms with E-state index < -0.39 is 5.54 Å². The quantitative estimate of drug-likeness (QED) is 0.610. The molecular formula is C15H18N2O2. The first-order valence-corrected chi connectivity index (χ1v) is 6.19. The van der Waals surface area contributed by atoms with Crippen molar-refractivity contribution in [1.29, 1.82) is 0 Å². The molecule has 0 aliphatic carbocycles. The van der Waals surface area contributed by atoms with Gasteiger partial charge in [-0.2, -0.15) is 0 Å². The molecule has 1 N–H and O–H groups in total. The van der Waals surface area contributed by atoms with Crippen LogP contribution in [0.2, 0.25) is 0 Å². The fourth-order valence-electron chi connectivity index (χ4n) is 1.71. The Bertz CT molecular complexity index is 666. The van der Waals surface area contributed by atoms with Crippen molar-refractivity contribution in [2.24, 2.45) is 4.99 Å². The largest absolute Gasteiger partial charge is 0.288 e. The number of hydroxylamine groups is 2. The number of benzene rings is 1. The molecular weight excluding hydrogens is 240 g/mol. The van der Waals surface area contributed by atoms with Crippen LogP contribution in [0.1, 0.15) is 26.3 Å². The number of carbonyl (C=O) groups is 1. The summed E-state index contributed by atoms with van der Waals surface area (Å²) in [5.41, 5.74) is 1.03. The summed E-state index contributed by atoms with van der Waals surface area (Å²) < 4.78 is 0. The third-order valence-electron chi connectivity index (χ3n) is 2.91. The Labute approximate surface area is 112 Å². The smallest absolute Gasteiger partial charge is 0.279 e. The Morgan fingerprint density at radius 1 is 1.32 bits per heavy atom. The van der Waals surface area contributed by atoms with Crippen molar-refractivity contribution in [2.45, 2.75) is 33.2 Å². The van der Waals surface area contributed by atoms with Crippen molar-refractivity contribution in [3.05, 3.63) is 46.1 Å². The first-order valence-electron chi connectivity index (χ1n) is 6.19. The van der Waals surface area contributed by atoms with Gasteiger partial charge in [0.15, 0.2) is 0 Å². The fourth-order valence-corrected chi connectivity index (χ4v) is 1.71. The van der Waals surface area contributed by atoms with Gasteiger partial charge in [0.1, 0.15) is 0 Å². The minimum atomic E-state index is -0.464. The monoisotopic (exact) mass is 258 g/mol. The maximum absolute atomic E-state index is 11.9. The van der Waals surface area contributed by atoms with Gasteiger partial charge in [-0.3, -0.25) is 15.1 Å². The van der Waals surface area contributed by atoms with Crippen LogP contribution in [0.5, 0.6) is 0 Å². The number of amides is 1. The van der Waals surface area contributed by atoms with Crippen LogP contribution in [0.3, 0.4) is 0 Å². The molecule has 0 unspecified atom stereocenters. The average Bonchev–Trinajstić information content (AvgIpc) is 2.29. The summed E-state index contributed by atoms with van der Waals surface area (Å²) in [5, 5.41) is 12.5. The number of fused-ring (bicyclic) bond motifs is 1. The highest BCUT2D eigenvalue weighted by atomic mass is 16.5. The zero-order chi connectivity index (χ0) is 14.2. The maximum atomic E-state index is 11.9. The zero-order valence-corrected chi connectivity index (χ0v) is 11.6. The number of hydrogen-bond donors (Lipinski definition) is 1. The van der Waals surface area contributed by atoms with Crippen LogP contribution in [-0.2, 0) is 4.79 Å². The molecule has 100 valence electrons. The normalized spacial score (nSPS) is 16.7. The second kappa shape index (κ2) is 4.63. The third-order valence-corrected chi connectivity index (χ3v) is 2.91. The summed E-state index contributed by atoms with van der Waals surface area (Å²) >= 11 is 0. The first kappa shape index (κ1) is 13.5. The number of nitrogens with zero attached hydrogens (tertiary/aromatic N) is 2. The van der Waals surface area contributed by atoms with Crippen LogP contribution in [0.25, 0.3) is 6.08 Å². The lowest BCUT2D eigenvalue weighted by Gasteiger charge is -2.28. The standard InChI is InChI=1S/C15H18N2O2/c1-10-5-6-13-11(7-10)8-12(14(18)16-13)9-17(19)15(2,3)4/h5-9,19H,1-4H3/b12-9-. The van der Waals surface area contributed by atoms with Gasteiger partial charge in [0.2, 0.25) is 0 Å². The van der Waals surface area contributed by atoms with E-state index in [-0.39, 0.29) is 5.91 Å². The second-order valence-corrected chi connectivity index (χ2v) is 5.72. The number of carbonyl (C=O) groups excluding carboxylic acids is 1. The van der Waals surface area contributed by atoms with E-state index in [4.69, 9.17) is 0 Å². The topological polar surface area (TPSA) is 52.9 Å². The first-order chi connectivity index (χ1) is 8.77. The van der Waals surface area contributed by atoms with Gasteiger partial charge < -0.3 is 0 Å². The minimum Gasteiger partial charge on any atom is -0.288 e. The summed E-state index contributed by atoms with van der Waals surface area (Å²) in [4.78, 5) is 15.9. The van der Waals surface area contributed by atoms with E-state index in [1.54, 1.807) is 6.08 Å². The van der Waals surface area contributed by atoms with Crippen molar-refractivity contribution in [3.8, 4) is 0 Å². The van der Waals surface area contributed by atoms with E-state index in [0.717, 1.165) is 15.8 Å². The molecule has 4 heteroatoms. The Kier molecular flexibility index (Phi) is 3.28. The predicted molar refractivity (Wildman–Crippen MR) is 72.9 cm³/mol. The summed E-state index contributed by atoms with van der Waals surface area (Å²) in [5.74, 6) is -0.334. The van der Waals surface area contributed by atoms with Crippen LogP contribution < -0.4 is 10.6 Å². The van der Waals surface area contributed by atoms with E-state index in [1.807, 2.05) is 45.9 Å². The lowest BCUT2D eigenvalue weighted by molar-refractivity contribution is -0.118. The summed E-state index contributed by atoms with van der Waals surface area (Å²) in [6, 6.07) is 5.72. The van der Waals surface area contributed by atoms with E-state index in [0.29, 0.717) is 10.9 Å². The minimum absolute atomic E-state index is 0.334. The lowest BCUT2D eigenvalue weighted by Crippen LogP contribution is -2.36. The number of rotatable bonds is 1. The van der Waals surface area contributed by atoms with E-state index in [2.05, 4.69) is 4.99 Å². The summed E-state index contributed by atoms with van der Waals surface area (Å²) in [7, 11) is 0. The lowest BCUT2D eigenvalue weighted by atomic mass is 10.1. The molecule has 0 saturated heterocycles. The molecule has 1 aromatic rings. The van der Waals surface area contributed by atoms with Gasteiger partial charge in [0.25, 0.3) is 5.91 Å². The molecule has 0 fully saturated rings. The molecule has 1 heterocycles. The maximum Gasteiger partial charge on any atom is 0.279 e. The van der Waals surface area contributed by atoms with Crippen molar-refractivity contribution in [2.75, 3.05) is 0 Å². The van der Waals surface area contributed by atoms with Crippen molar-refractivity contribution >= 4 is 12.0 Å². The highest BCUT2D eigenvalue weighted by Gasteiger charge is 2.19. The van der Waals surface area contributed by atoms with Gasteiger partial charge in [-0.25, -0.2) is 4.99 Å². The van der Waals surface area contributed by atoms with Crippen molar-refractivity contribution in [1.82, 2.24) is 5.06 Å². The van der Waals surface area contributed by atoms with Gasteiger partial charge in [-0.15, -0.1) is 0 Å². The molecule has 1 amide bonds. The SMILES string of the molecule is Cc1ccc2c(c1)=C/C(=C/N(O)C(C)(C)C)C(=O)N=2. The summed E-state index contributed by atoms with van der Waals surface area (Å²) in [6.45, 7) is 7.55. The summed E-state index contributed by atoms with van der Waals surface area (Å²) in [6.07, 6.45) is 3.18. The number of aryl methyl sites for hydroxylation is 1. The van der Waals surface area contributed by atoms with Crippen LogP contribution in [0.4, 0.5) is 0 Å².